The molecule has 3 rings (SSSR count). The van der Waals surface area contributed by atoms with Crippen molar-refractivity contribution >= 4 is 12.1 Å². The lowest BCUT2D eigenvalue weighted by Crippen LogP contribution is -2.18. The number of benzene rings is 1. The molecule has 7 heteroatoms. The maximum atomic E-state index is 9.91. The van der Waals surface area contributed by atoms with E-state index in [1.165, 1.54) is 12.8 Å². The van der Waals surface area contributed by atoms with Crippen LogP contribution in [-0.2, 0) is 11.4 Å². The highest BCUT2D eigenvalue weighted by atomic mass is 16.5. The number of hydrogen-bond acceptors (Lipinski definition) is 6. The molecule has 142 valence electrons. The van der Waals surface area contributed by atoms with E-state index in [4.69, 9.17) is 9.53 Å². The molecule has 0 unspecified atom stereocenters. The Morgan fingerprint density at radius 1 is 1.27 bits per heavy atom. The first-order valence-electron chi connectivity index (χ1n) is 8.67. The number of ether oxygens (including phenoxy) is 1. The van der Waals surface area contributed by atoms with Crippen LogP contribution in [0.25, 0.3) is 0 Å². The number of nitrogens with zero attached hydrogens (tertiary/aromatic N) is 1. The van der Waals surface area contributed by atoms with Gasteiger partial charge in [0, 0.05) is 30.4 Å². The van der Waals surface area contributed by atoms with Gasteiger partial charge in [-0.05, 0) is 31.0 Å². The minimum absolute atomic E-state index is 0.232. The second-order valence-electron chi connectivity index (χ2n) is 5.30. The van der Waals surface area contributed by atoms with Crippen LogP contribution in [0.2, 0.25) is 0 Å². The standard InChI is InChI=1S/C16H18N2O2.C2H6.CH4N2O/c1-17-14-5-2-6-15(19)12(14)10-20-16-7-3-4-13(18-16)11-8-9-11;1-2;2-3-1-4/h2-7,11,17,19H,8-10H2,1H3;1-2H3;1H,2H2,(H,3,4). The van der Waals surface area contributed by atoms with E-state index in [-0.39, 0.29) is 5.75 Å². The van der Waals surface area contributed by atoms with Gasteiger partial charge in [0.25, 0.3) is 0 Å². The molecular formula is C19H28N4O3. The highest BCUT2D eigenvalue weighted by Crippen LogP contribution is 2.39. The zero-order valence-electron chi connectivity index (χ0n) is 15.5. The third-order valence-corrected chi connectivity index (χ3v) is 3.59. The van der Waals surface area contributed by atoms with E-state index < -0.39 is 0 Å². The molecule has 5 N–H and O–H groups in total. The number of nitrogens with one attached hydrogen (secondary N) is 2. The molecule has 0 saturated heterocycles. The second kappa shape index (κ2) is 11.7. The first-order valence-corrected chi connectivity index (χ1v) is 8.67. The van der Waals surface area contributed by atoms with Gasteiger partial charge in [0.05, 0.1) is 5.56 Å². The molecule has 1 aliphatic rings. The normalized spacial score (nSPS) is 11.8. The lowest BCUT2D eigenvalue weighted by Gasteiger charge is -2.12. The van der Waals surface area contributed by atoms with Crippen LogP contribution in [0, 0.1) is 0 Å². The number of aromatic hydroxyl groups is 1. The smallest absolute Gasteiger partial charge is 0.221 e. The number of carbonyl (C=O) groups is 1. The highest BCUT2D eigenvalue weighted by Gasteiger charge is 2.25. The Hall–Kier alpha value is -2.80. The first-order chi connectivity index (χ1) is 12.7. The van der Waals surface area contributed by atoms with Crippen LogP contribution >= 0.6 is 0 Å². The van der Waals surface area contributed by atoms with Gasteiger partial charge in [-0.3, -0.25) is 10.2 Å². The topological polar surface area (TPSA) is 110 Å². The molecule has 0 bridgehead atoms. The van der Waals surface area contributed by atoms with Crippen molar-refractivity contribution < 1.29 is 14.6 Å². The number of phenolic OH excluding ortho intramolecular Hbond substituents is 1. The molecule has 0 radical (unpaired) electrons. The number of anilines is 1. The molecule has 0 aliphatic heterocycles. The number of phenols is 1. The van der Waals surface area contributed by atoms with Crippen LogP contribution in [0.5, 0.6) is 11.6 Å². The maximum Gasteiger partial charge on any atom is 0.221 e. The van der Waals surface area contributed by atoms with Crippen LogP contribution in [0.3, 0.4) is 0 Å². The fraction of sp³-hybridized carbons (Fsp3) is 0.368. The molecule has 1 aliphatic carbocycles. The summed E-state index contributed by atoms with van der Waals surface area (Å²) in [7, 11) is 1.82. The molecule has 2 aromatic rings. The van der Waals surface area contributed by atoms with Crippen molar-refractivity contribution in [2.45, 2.75) is 39.2 Å². The lowest BCUT2D eigenvalue weighted by molar-refractivity contribution is -0.109. The van der Waals surface area contributed by atoms with Crippen LogP contribution in [-0.4, -0.2) is 23.5 Å². The van der Waals surface area contributed by atoms with Gasteiger partial charge in [0.15, 0.2) is 0 Å². The third kappa shape index (κ3) is 6.60. The van der Waals surface area contributed by atoms with E-state index >= 15 is 0 Å². The van der Waals surface area contributed by atoms with E-state index in [1.54, 1.807) is 17.6 Å². The van der Waals surface area contributed by atoms with Gasteiger partial charge < -0.3 is 15.2 Å². The molecule has 7 nitrogen and oxygen atoms in total. The van der Waals surface area contributed by atoms with Crippen LogP contribution in [0.4, 0.5) is 5.69 Å². The molecule has 26 heavy (non-hydrogen) atoms. The van der Waals surface area contributed by atoms with Gasteiger partial charge in [-0.25, -0.2) is 10.8 Å². The van der Waals surface area contributed by atoms with Crippen molar-refractivity contribution in [3.05, 3.63) is 47.7 Å². The van der Waals surface area contributed by atoms with Crippen molar-refractivity contribution in [2.75, 3.05) is 12.4 Å². The Labute approximate surface area is 154 Å². The van der Waals surface area contributed by atoms with Gasteiger partial charge in [-0.1, -0.05) is 26.0 Å². The van der Waals surface area contributed by atoms with Gasteiger partial charge >= 0.3 is 0 Å². The fourth-order valence-electron chi connectivity index (χ4n) is 2.22. The molecule has 1 fully saturated rings. The summed E-state index contributed by atoms with van der Waals surface area (Å²) in [5, 5.41) is 13.0. The summed E-state index contributed by atoms with van der Waals surface area (Å²) in [6.45, 7) is 4.30. The summed E-state index contributed by atoms with van der Waals surface area (Å²) in [5.41, 5.74) is 4.46. The molecule has 0 spiro atoms. The van der Waals surface area contributed by atoms with Crippen molar-refractivity contribution in [1.29, 1.82) is 0 Å². The Morgan fingerprint density at radius 2 is 1.92 bits per heavy atom. The van der Waals surface area contributed by atoms with Crippen LogP contribution in [0.1, 0.15) is 43.9 Å². The summed E-state index contributed by atoms with van der Waals surface area (Å²) in [5.74, 6) is 5.86. The van der Waals surface area contributed by atoms with Crippen LogP contribution in [0.15, 0.2) is 36.4 Å². The predicted molar refractivity (Wildman–Crippen MR) is 103 cm³/mol. The van der Waals surface area contributed by atoms with Gasteiger partial charge in [-0.15, -0.1) is 0 Å². The number of hydrazine groups is 1. The van der Waals surface area contributed by atoms with E-state index in [0.717, 1.165) is 16.9 Å². The number of amides is 1. The van der Waals surface area contributed by atoms with E-state index in [2.05, 4.69) is 16.1 Å². The van der Waals surface area contributed by atoms with E-state index in [1.807, 2.05) is 45.2 Å². The maximum absolute atomic E-state index is 9.91. The Kier molecular flexibility index (Phi) is 9.56. The molecule has 0 atom stereocenters. The molecular weight excluding hydrogens is 332 g/mol. The average molecular weight is 360 g/mol. The van der Waals surface area contributed by atoms with E-state index in [0.29, 0.717) is 24.8 Å². The fourth-order valence-corrected chi connectivity index (χ4v) is 2.22. The van der Waals surface area contributed by atoms with E-state index in [9.17, 15) is 5.11 Å². The summed E-state index contributed by atoms with van der Waals surface area (Å²) < 4.78 is 5.72. The molecule has 1 aromatic heterocycles. The van der Waals surface area contributed by atoms with Crippen molar-refractivity contribution in [3.8, 4) is 11.6 Å². The number of nitrogens with two attached hydrogens (primary N) is 1. The van der Waals surface area contributed by atoms with Crippen molar-refractivity contribution in [1.82, 2.24) is 10.4 Å². The van der Waals surface area contributed by atoms with Gasteiger partial charge in [0.2, 0.25) is 12.3 Å². The lowest BCUT2D eigenvalue weighted by atomic mass is 10.1. The largest absolute Gasteiger partial charge is 0.507 e. The number of pyridine rings is 1. The van der Waals surface area contributed by atoms with Crippen molar-refractivity contribution in [3.63, 3.8) is 0 Å². The minimum Gasteiger partial charge on any atom is -0.507 e. The number of hydrogen-bond donors (Lipinski definition) is 4. The summed E-state index contributed by atoms with van der Waals surface area (Å²) in [4.78, 5) is 13.4. The Morgan fingerprint density at radius 3 is 2.50 bits per heavy atom. The third-order valence-electron chi connectivity index (χ3n) is 3.59. The molecule has 1 aromatic carbocycles. The Balaban J connectivity index is 0.000000500. The average Bonchev–Trinajstić information content (AvgIpc) is 3.54. The minimum atomic E-state index is 0.232. The predicted octanol–water partition coefficient (Wildman–Crippen LogP) is 2.92. The zero-order chi connectivity index (χ0) is 19.4. The molecule has 1 heterocycles. The monoisotopic (exact) mass is 360 g/mol. The number of rotatable bonds is 6. The number of carbonyl (C=O) groups excluding carboxylic acids is 1. The second-order valence-corrected chi connectivity index (χ2v) is 5.30. The summed E-state index contributed by atoms with van der Waals surface area (Å²) in [6.07, 6.45) is 2.85. The first kappa shape index (κ1) is 21.2. The molecule has 1 amide bonds. The summed E-state index contributed by atoms with van der Waals surface area (Å²) in [6, 6.07) is 11.2. The van der Waals surface area contributed by atoms with Gasteiger partial charge in [0.1, 0.15) is 12.4 Å². The summed E-state index contributed by atoms with van der Waals surface area (Å²) >= 11 is 0. The van der Waals surface area contributed by atoms with Gasteiger partial charge in [-0.2, -0.15) is 0 Å². The van der Waals surface area contributed by atoms with Crippen molar-refractivity contribution in [2.24, 2.45) is 5.84 Å². The SMILES string of the molecule is CC.CNc1cccc(O)c1COc1cccc(C2CC2)n1.NNC=O. The Bertz CT molecular complexity index is 676. The highest BCUT2D eigenvalue weighted by molar-refractivity contribution is 5.56. The quantitative estimate of drug-likeness (QED) is 0.273. The molecule has 1 saturated carbocycles. The zero-order valence-corrected chi connectivity index (χ0v) is 15.5. The van der Waals surface area contributed by atoms with Crippen LogP contribution < -0.4 is 21.3 Å². The number of aromatic nitrogens is 1.